The number of hydrogen-bond donors (Lipinski definition) is 2. The van der Waals surface area contributed by atoms with Gasteiger partial charge in [-0.2, -0.15) is 0 Å². The average Bonchev–Trinajstić information content (AvgIpc) is 3.22. The number of rotatable bonds is 6. The Morgan fingerprint density at radius 3 is 2.63 bits per heavy atom. The Morgan fingerprint density at radius 2 is 1.96 bits per heavy atom. The first-order valence-electron chi connectivity index (χ1n) is 9.46. The van der Waals surface area contributed by atoms with E-state index in [1.54, 1.807) is 24.3 Å². The number of carbonyl (C=O) groups excluding carboxylic acids is 2. The highest BCUT2D eigenvalue weighted by molar-refractivity contribution is 5.98. The van der Waals surface area contributed by atoms with E-state index in [4.69, 9.17) is 4.74 Å². The minimum absolute atomic E-state index is 0.0526. The topological polar surface area (TPSA) is 67.4 Å². The third kappa shape index (κ3) is 4.95. The molecule has 0 radical (unpaired) electrons. The fourth-order valence-electron chi connectivity index (χ4n) is 3.21. The van der Waals surface area contributed by atoms with Crippen LogP contribution in [0.5, 0.6) is 0 Å². The van der Waals surface area contributed by atoms with E-state index >= 15 is 0 Å². The first-order valence-corrected chi connectivity index (χ1v) is 9.46. The summed E-state index contributed by atoms with van der Waals surface area (Å²) >= 11 is 0. The van der Waals surface area contributed by atoms with Crippen molar-refractivity contribution in [2.75, 3.05) is 11.9 Å². The number of carbonyl (C=O) groups is 2. The zero-order valence-corrected chi connectivity index (χ0v) is 15.8. The van der Waals surface area contributed by atoms with Gasteiger partial charge in [0.25, 0.3) is 11.8 Å². The Balaban J connectivity index is 1.67. The summed E-state index contributed by atoms with van der Waals surface area (Å²) in [7, 11) is 0. The molecule has 2 N–H and O–H groups in total. The van der Waals surface area contributed by atoms with Crippen LogP contribution in [-0.4, -0.2) is 24.5 Å². The molecular formula is C22H26N2O3. The molecule has 0 aliphatic carbocycles. The summed E-state index contributed by atoms with van der Waals surface area (Å²) < 4.78 is 5.40. The maximum absolute atomic E-state index is 12.7. The van der Waals surface area contributed by atoms with Crippen molar-refractivity contribution >= 4 is 17.5 Å². The molecular weight excluding hydrogens is 340 g/mol. The zero-order valence-electron chi connectivity index (χ0n) is 15.8. The van der Waals surface area contributed by atoms with Crippen LogP contribution in [0.4, 0.5) is 5.69 Å². The molecule has 5 nitrogen and oxygen atoms in total. The number of hydrogen-bond acceptors (Lipinski definition) is 3. The molecule has 1 aliphatic rings. The van der Waals surface area contributed by atoms with Gasteiger partial charge in [0.15, 0.2) is 0 Å². The zero-order chi connectivity index (χ0) is 19.2. The van der Waals surface area contributed by atoms with Crippen LogP contribution in [-0.2, 0) is 9.53 Å². The lowest BCUT2D eigenvalue weighted by atomic mass is 10.0. The molecule has 27 heavy (non-hydrogen) atoms. The molecule has 2 aromatic carbocycles. The lowest BCUT2D eigenvalue weighted by Gasteiger charge is -2.18. The van der Waals surface area contributed by atoms with Crippen molar-refractivity contribution in [3.63, 3.8) is 0 Å². The van der Waals surface area contributed by atoms with Gasteiger partial charge in [-0.25, -0.2) is 0 Å². The van der Waals surface area contributed by atoms with Crippen LogP contribution < -0.4 is 10.6 Å². The molecule has 142 valence electrons. The van der Waals surface area contributed by atoms with E-state index in [-0.39, 0.29) is 17.9 Å². The van der Waals surface area contributed by atoms with Gasteiger partial charge in [0.1, 0.15) is 6.10 Å². The summed E-state index contributed by atoms with van der Waals surface area (Å²) in [5.41, 5.74) is 3.39. The second kappa shape index (κ2) is 8.82. The van der Waals surface area contributed by atoms with Gasteiger partial charge in [0.2, 0.25) is 0 Å². The monoisotopic (exact) mass is 366 g/mol. The van der Waals surface area contributed by atoms with E-state index in [0.717, 1.165) is 24.8 Å². The molecule has 3 rings (SSSR count). The fourth-order valence-corrected chi connectivity index (χ4v) is 3.21. The first kappa shape index (κ1) is 19.1. The minimum atomic E-state index is -0.395. The molecule has 2 atom stereocenters. The molecule has 1 fully saturated rings. The minimum Gasteiger partial charge on any atom is -0.368 e. The van der Waals surface area contributed by atoms with E-state index in [2.05, 4.69) is 10.6 Å². The summed E-state index contributed by atoms with van der Waals surface area (Å²) in [4.78, 5) is 24.9. The van der Waals surface area contributed by atoms with Crippen LogP contribution >= 0.6 is 0 Å². The Labute approximate surface area is 160 Å². The SMILES string of the molecule is CCC(NC(=O)c1cccc(NC(=O)C2CCCO2)c1)c1ccc(C)cc1. The maximum Gasteiger partial charge on any atom is 0.253 e. The lowest BCUT2D eigenvalue weighted by Crippen LogP contribution is -2.29. The summed E-state index contributed by atoms with van der Waals surface area (Å²) in [6, 6.07) is 15.1. The summed E-state index contributed by atoms with van der Waals surface area (Å²) in [5, 5.41) is 5.92. The van der Waals surface area contributed by atoms with Gasteiger partial charge in [-0.05, 0) is 49.9 Å². The Hall–Kier alpha value is -2.66. The predicted molar refractivity (Wildman–Crippen MR) is 106 cm³/mol. The number of anilines is 1. The number of ether oxygens (including phenoxy) is 1. The molecule has 0 spiro atoms. The second-order valence-electron chi connectivity index (χ2n) is 6.92. The standard InChI is InChI=1S/C22H26N2O3/c1-3-19(16-11-9-15(2)10-12-16)24-21(25)17-6-4-7-18(14-17)23-22(26)20-8-5-13-27-20/h4,6-7,9-12,14,19-20H,3,5,8,13H2,1-2H3,(H,23,26)(H,24,25). The summed E-state index contributed by atoms with van der Waals surface area (Å²) in [6.07, 6.45) is 2.04. The molecule has 2 unspecified atom stereocenters. The third-order valence-corrected chi connectivity index (χ3v) is 4.81. The Bertz CT molecular complexity index is 795. The number of nitrogens with one attached hydrogen (secondary N) is 2. The van der Waals surface area contributed by atoms with Crippen molar-refractivity contribution in [2.24, 2.45) is 0 Å². The molecule has 1 saturated heterocycles. The van der Waals surface area contributed by atoms with Gasteiger partial charge in [-0.3, -0.25) is 9.59 Å². The van der Waals surface area contributed by atoms with E-state index in [0.29, 0.717) is 17.9 Å². The highest BCUT2D eigenvalue weighted by atomic mass is 16.5. The van der Waals surface area contributed by atoms with Gasteiger partial charge < -0.3 is 15.4 Å². The molecule has 0 bridgehead atoms. The molecule has 0 aromatic heterocycles. The molecule has 5 heteroatoms. The van der Waals surface area contributed by atoms with Gasteiger partial charge in [0.05, 0.1) is 6.04 Å². The maximum atomic E-state index is 12.7. The van der Waals surface area contributed by atoms with Gasteiger partial charge in [-0.15, -0.1) is 0 Å². The van der Waals surface area contributed by atoms with E-state index in [1.165, 1.54) is 5.56 Å². The van der Waals surface area contributed by atoms with Crippen molar-refractivity contribution in [3.05, 3.63) is 65.2 Å². The molecule has 0 saturated carbocycles. The predicted octanol–water partition coefficient (Wildman–Crippen LogP) is 3.99. The second-order valence-corrected chi connectivity index (χ2v) is 6.92. The van der Waals surface area contributed by atoms with Crippen molar-refractivity contribution in [1.82, 2.24) is 5.32 Å². The van der Waals surface area contributed by atoms with Crippen LogP contribution in [0.3, 0.4) is 0 Å². The van der Waals surface area contributed by atoms with Gasteiger partial charge in [0, 0.05) is 17.9 Å². The highest BCUT2D eigenvalue weighted by Crippen LogP contribution is 2.20. The third-order valence-electron chi connectivity index (χ3n) is 4.81. The normalized spacial score (nSPS) is 17.3. The smallest absolute Gasteiger partial charge is 0.253 e. The van der Waals surface area contributed by atoms with Crippen molar-refractivity contribution in [1.29, 1.82) is 0 Å². The summed E-state index contributed by atoms with van der Waals surface area (Å²) in [6.45, 7) is 4.71. The average molecular weight is 366 g/mol. The quantitative estimate of drug-likeness (QED) is 0.812. The van der Waals surface area contributed by atoms with E-state index < -0.39 is 6.10 Å². The van der Waals surface area contributed by atoms with Gasteiger partial charge in [-0.1, -0.05) is 42.8 Å². The number of benzene rings is 2. The fraction of sp³-hybridized carbons (Fsp3) is 0.364. The van der Waals surface area contributed by atoms with Crippen LogP contribution in [0, 0.1) is 6.92 Å². The summed E-state index contributed by atoms with van der Waals surface area (Å²) in [5.74, 6) is -0.313. The first-order chi connectivity index (χ1) is 13.1. The lowest BCUT2D eigenvalue weighted by molar-refractivity contribution is -0.124. The van der Waals surface area contributed by atoms with E-state index in [9.17, 15) is 9.59 Å². The van der Waals surface area contributed by atoms with Crippen LogP contribution in [0.15, 0.2) is 48.5 Å². The molecule has 1 heterocycles. The van der Waals surface area contributed by atoms with Crippen molar-refractivity contribution in [2.45, 2.75) is 45.3 Å². The van der Waals surface area contributed by atoms with Gasteiger partial charge >= 0.3 is 0 Å². The number of amides is 2. The van der Waals surface area contributed by atoms with E-state index in [1.807, 2.05) is 38.1 Å². The van der Waals surface area contributed by atoms with Crippen LogP contribution in [0.1, 0.15) is 53.7 Å². The number of aryl methyl sites for hydroxylation is 1. The van der Waals surface area contributed by atoms with Crippen molar-refractivity contribution in [3.8, 4) is 0 Å². The van der Waals surface area contributed by atoms with Crippen molar-refractivity contribution < 1.29 is 14.3 Å². The Kier molecular flexibility index (Phi) is 6.24. The molecule has 2 aromatic rings. The molecule has 2 amide bonds. The highest BCUT2D eigenvalue weighted by Gasteiger charge is 2.23. The Morgan fingerprint density at radius 1 is 1.19 bits per heavy atom. The largest absolute Gasteiger partial charge is 0.368 e. The molecule has 1 aliphatic heterocycles. The van der Waals surface area contributed by atoms with Crippen LogP contribution in [0.25, 0.3) is 0 Å². The van der Waals surface area contributed by atoms with Crippen LogP contribution in [0.2, 0.25) is 0 Å².